The van der Waals surface area contributed by atoms with Crippen LogP contribution in [-0.4, -0.2) is 36.1 Å². The van der Waals surface area contributed by atoms with E-state index in [1.807, 2.05) is 13.8 Å². The van der Waals surface area contributed by atoms with Crippen LogP contribution in [0.25, 0.3) is 0 Å². The van der Waals surface area contributed by atoms with E-state index in [0.717, 1.165) is 0 Å². The maximum Gasteiger partial charge on any atom is 0.320 e. The van der Waals surface area contributed by atoms with Crippen molar-refractivity contribution in [2.24, 2.45) is 0 Å². The molecular formula is C15H21FN2O3. The summed E-state index contributed by atoms with van der Waals surface area (Å²) >= 11 is 0. The third-order valence-corrected chi connectivity index (χ3v) is 3.13. The zero-order valence-corrected chi connectivity index (χ0v) is 12.3. The molecule has 1 aromatic rings. The molecule has 1 amide bonds. The highest BCUT2D eigenvalue weighted by molar-refractivity contribution is 5.95. The second-order valence-corrected chi connectivity index (χ2v) is 4.67. The Labute approximate surface area is 123 Å². The molecule has 0 fully saturated rings. The lowest BCUT2D eigenvalue weighted by Crippen LogP contribution is -2.44. The summed E-state index contributed by atoms with van der Waals surface area (Å²) in [6, 6.07) is 4.89. The monoisotopic (exact) mass is 296 g/mol. The molecule has 0 aromatic heterocycles. The molecule has 5 nitrogen and oxygen atoms in total. The van der Waals surface area contributed by atoms with Gasteiger partial charge in [-0.3, -0.25) is 14.9 Å². The van der Waals surface area contributed by atoms with Gasteiger partial charge in [0.15, 0.2) is 0 Å². The summed E-state index contributed by atoms with van der Waals surface area (Å²) in [5.74, 6) is -1.57. The van der Waals surface area contributed by atoms with Gasteiger partial charge in [-0.15, -0.1) is 0 Å². The van der Waals surface area contributed by atoms with Crippen LogP contribution >= 0.6 is 0 Å². The van der Waals surface area contributed by atoms with Crippen LogP contribution in [0.1, 0.15) is 26.7 Å². The zero-order valence-electron chi connectivity index (χ0n) is 12.3. The number of rotatable bonds is 8. The van der Waals surface area contributed by atoms with E-state index in [1.54, 1.807) is 0 Å². The number of benzene rings is 1. The Morgan fingerprint density at radius 3 is 2.38 bits per heavy atom. The number of amides is 1. The van der Waals surface area contributed by atoms with Crippen LogP contribution in [0.3, 0.4) is 0 Å². The van der Waals surface area contributed by atoms with Gasteiger partial charge in [-0.2, -0.15) is 0 Å². The number of hydrogen-bond donors (Lipinski definition) is 2. The van der Waals surface area contributed by atoms with Gasteiger partial charge in [0.2, 0.25) is 5.91 Å². The minimum absolute atomic E-state index is 0.0673. The van der Waals surface area contributed by atoms with E-state index in [2.05, 4.69) is 5.32 Å². The number of hydrogen-bond acceptors (Lipinski definition) is 3. The van der Waals surface area contributed by atoms with Gasteiger partial charge in [0, 0.05) is 12.2 Å². The van der Waals surface area contributed by atoms with Crippen molar-refractivity contribution in [2.45, 2.75) is 32.7 Å². The minimum atomic E-state index is -0.963. The molecule has 116 valence electrons. The molecule has 21 heavy (non-hydrogen) atoms. The second-order valence-electron chi connectivity index (χ2n) is 4.67. The van der Waals surface area contributed by atoms with E-state index in [-0.39, 0.29) is 18.3 Å². The first-order valence-electron chi connectivity index (χ1n) is 7.01. The summed E-state index contributed by atoms with van der Waals surface area (Å²) in [4.78, 5) is 24.7. The van der Waals surface area contributed by atoms with Crippen molar-refractivity contribution in [3.05, 3.63) is 30.1 Å². The molecule has 0 aliphatic heterocycles. The summed E-state index contributed by atoms with van der Waals surface area (Å²) in [7, 11) is 0. The second kappa shape index (κ2) is 8.36. The van der Waals surface area contributed by atoms with Crippen molar-refractivity contribution < 1.29 is 19.1 Å². The SMILES string of the molecule is CCCC(NCC(=O)N(CC)c1ccc(F)cc1)C(=O)O. The number of anilines is 1. The average molecular weight is 296 g/mol. The third kappa shape index (κ3) is 5.15. The number of halogens is 1. The van der Waals surface area contributed by atoms with E-state index < -0.39 is 12.0 Å². The maximum atomic E-state index is 12.9. The van der Waals surface area contributed by atoms with E-state index in [1.165, 1.54) is 29.2 Å². The van der Waals surface area contributed by atoms with Gasteiger partial charge in [0.25, 0.3) is 0 Å². The molecule has 1 atom stereocenters. The summed E-state index contributed by atoms with van der Waals surface area (Å²) in [5.41, 5.74) is 0.591. The molecule has 0 aliphatic carbocycles. The molecule has 2 N–H and O–H groups in total. The van der Waals surface area contributed by atoms with Crippen molar-refractivity contribution in [3.63, 3.8) is 0 Å². The lowest BCUT2D eigenvalue weighted by atomic mass is 10.1. The number of carboxylic acid groups (broad SMARTS) is 1. The Balaban J connectivity index is 2.67. The van der Waals surface area contributed by atoms with Crippen LogP contribution in [0.2, 0.25) is 0 Å². The lowest BCUT2D eigenvalue weighted by molar-refractivity contribution is -0.139. The van der Waals surface area contributed by atoms with E-state index in [9.17, 15) is 14.0 Å². The van der Waals surface area contributed by atoms with Crippen LogP contribution in [0.15, 0.2) is 24.3 Å². The van der Waals surface area contributed by atoms with Crippen LogP contribution < -0.4 is 10.2 Å². The molecule has 0 aliphatic rings. The molecule has 0 spiro atoms. The Morgan fingerprint density at radius 1 is 1.29 bits per heavy atom. The minimum Gasteiger partial charge on any atom is -0.480 e. The van der Waals surface area contributed by atoms with Crippen LogP contribution in [-0.2, 0) is 9.59 Å². The number of carbonyl (C=O) groups excluding carboxylic acids is 1. The predicted octanol–water partition coefficient (Wildman–Crippen LogP) is 2.02. The zero-order chi connectivity index (χ0) is 15.8. The summed E-state index contributed by atoms with van der Waals surface area (Å²) < 4.78 is 12.9. The van der Waals surface area contributed by atoms with Gasteiger partial charge in [0.1, 0.15) is 11.9 Å². The molecule has 0 saturated heterocycles. The number of carboxylic acids is 1. The third-order valence-electron chi connectivity index (χ3n) is 3.13. The fraction of sp³-hybridized carbons (Fsp3) is 0.467. The van der Waals surface area contributed by atoms with Crippen LogP contribution in [0.5, 0.6) is 0 Å². The molecule has 0 heterocycles. The number of nitrogens with zero attached hydrogens (tertiary/aromatic N) is 1. The van der Waals surface area contributed by atoms with Crippen molar-refractivity contribution >= 4 is 17.6 Å². The van der Waals surface area contributed by atoms with Gasteiger partial charge in [-0.1, -0.05) is 13.3 Å². The number of carbonyl (C=O) groups is 2. The molecule has 1 aromatic carbocycles. The highest BCUT2D eigenvalue weighted by Crippen LogP contribution is 2.14. The standard InChI is InChI=1S/C15H21FN2O3/c1-3-5-13(15(20)21)17-10-14(19)18(4-2)12-8-6-11(16)7-9-12/h6-9,13,17H,3-5,10H2,1-2H3,(H,20,21). The smallest absolute Gasteiger partial charge is 0.320 e. The topological polar surface area (TPSA) is 69.6 Å². The number of likely N-dealkylation sites (N-methyl/N-ethyl adjacent to an activating group) is 1. The van der Waals surface area contributed by atoms with Gasteiger partial charge in [-0.25, -0.2) is 4.39 Å². The van der Waals surface area contributed by atoms with Crippen molar-refractivity contribution in [1.82, 2.24) is 5.32 Å². The Kier molecular flexibility index (Phi) is 6.81. The Hall–Kier alpha value is -1.95. The summed E-state index contributed by atoms with van der Waals surface area (Å²) in [6.07, 6.45) is 1.18. The highest BCUT2D eigenvalue weighted by atomic mass is 19.1. The molecule has 0 bridgehead atoms. The quantitative estimate of drug-likeness (QED) is 0.770. The molecule has 0 radical (unpaired) electrons. The fourth-order valence-electron chi connectivity index (χ4n) is 2.03. The van der Waals surface area contributed by atoms with Gasteiger partial charge < -0.3 is 10.0 Å². The van der Waals surface area contributed by atoms with Crippen molar-refractivity contribution in [1.29, 1.82) is 0 Å². The molecule has 1 unspecified atom stereocenters. The van der Waals surface area contributed by atoms with E-state index in [4.69, 9.17) is 5.11 Å². The average Bonchev–Trinajstić information content (AvgIpc) is 2.46. The largest absolute Gasteiger partial charge is 0.480 e. The van der Waals surface area contributed by atoms with E-state index >= 15 is 0 Å². The van der Waals surface area contributed by atoms with Gasteiger partial charge in [-0.05, 0) is 37.6 Å². The lowest BCUT2D eigenvalue weighted by Gasteiger charge is -2.22. The van der Waals surface area contributed by atoms with Gasteiger partial charge in [0.05, 0.1) is 6.54 Å². The molecular weight excluding hydrogens is 275 g/mol. The fourth-order valence-corrected chi connectivity index (χ4v) is 2.03. The van der Waals surface area contributed by atoms with E-state index in [0.29, 0.717) is 25.1 Å². The van der Waals surface area contributed by atoms with Gasteiger partial charge >= 0.3 is 5.97 Å². The first-order valence-corrected chi connectivity index (χ1v) is 7.01. The Bertz CT molecular complexity index is 476. The normalized spacial score (nSPS) is 12.0. The molecule has 6 heteroatoms. The first-order chi connectivity index (χ1) is 9.99. The molecule has 1 rings (SSSR count). The molecule has 0 saturated carbocycles. The van der Waals surface area contributed by atoms with Crippen LogP contribution in [0.4, 0.5) is 10.1 Å². The highest BCUT2D eigenvalue weighted by Gasteiger charge is 2.19. The number of nitrogens with one attached hydrogen (secondary N) is 1. The maximum absolute atomic E-state index is 12.9. The summed E-state index contributed by atoms with van der Waals surface area (Å²) in [6.45, 7) is 4.05. The summed E-state index contributed by atoms with van der Waals surface area (Å²) in [5, 5.41) is 11.8. The number of aliphatic carboxylic acids is 1. The van der Waals surface area contributed by atoms with Crippen LogP contribution in [0, 0.1) is 5.82 Å². The van der Waals surface area contributed by atoms with Crippen molar-refractivity contribution in [3.8, 4) is 0 Å². The Morgan fingerprint density at radius 2 is 1.90 bits per heavy atom. The first kappa shape index (κ1) is 17.1. The van der Waals surface area contributed by atoms with Crippen molar-refractivity contribution in [2.75, 3.05) is 18.0 Å². The predicted molar refractivity (Wildman–Crippen MR) is 78.8 cm³/mol.